The molecule has 114 valence electrons. The maximum atomic E-state index is 14.2. The van der Waals surface area contributed by atoms with E-state index in [0.717, 1.165) is 21.9 Å². The van der Waals surface area contributed by atoms with E-state index in [-0.39, 0.29) is 5.56 Å². The fraction of sp³-hybridized carbons (Fsp3) is 0.0526. The van der Waals surface area contributed by atoms with Gasteiger partial charge in [-0.25, -0.2) is 13.2 Å². The summed E-state index contributed by atoms with van der Waals surface area (Å²) >= 11 is 1.54. The second kappa shape index (κ2) is 6.31. The van der Waals surface area contributed by atoms with Crippen LogP contribution < -0.4 is 0 Å². The van der Waals surface area contributed by atoms with Crippen LogP contribution in [0.5, 0.6) is 0 Å². The van der Waals surface area contributed by atoms with Gasteiger partial charge >= 0.3 is 0 Å². The molecule has 0 amide bonds. The summed E-state index contributed by atoms with van der Waals surface area (Å²) in [6, 6.07) is 11.8. The van der Waals surface area contributed by atoms with E-state index in [9.17, 15) is 13.2 Å². The molecule has 0 N–H and O–H groups in total. The van der Waals surface area contributed by atoms with Gasteiger partial charge in [-0.15, -0.1) is 11.3 Å². The van der Waals surface area contributed by atoms with E-state index in [0.29, 0.717) is 11.1 Å². The van der Waals surface area contributed by atoms with Crippen LogP contribution in [-0.2, 0) is 0 Å². The molecule has 3 rings (SSSR count). The van der Waals surface area contributed by atoms with Gasteiger partial charge in [0.05, 0.1) is 10.4 Å². The van der Waals surface area contributed by atoms with Crippen LogP contribution in [0.4, 0.5) is 13.2 Å². The first kappa shape index (κ1) is 15.4. The topological polar surface area (TPSA) is 0 Å². The lowest BCUT2D eigenvalue weighted by atomic mass is 10.0. The Morgan fingerprint density at radius 3 is 2.04 bits per heavy atom. The highest BCUT2D eigenvalue weighted by Gasteiger charge is 2.07. The van der Waals surface area contributed by atoms with Crippen molar-refractivity contribution in [1.82, 2.24) is 0 Å². The number of halogens is 3. The third-order valence-electron chi connectivity index (χ3n) is 3.28. The molecule has 0 radical (unpaired) electrons. The van der Waals surface area contributed by atoms with Gasteiger partial charge in [0.1, 0.15) is 5.82 Å². The van der Waals surface area contributed by atoms with Crippen molar-refractivity contribution in [2.75, 3.05) is 0 Å². The second-order valence-electron chi connectivity index (χ2n) is 4.98. The Hall–Kier alpha value is -2.51. The van der Waals surface area contributed by atoms with E-state index in [2.05, 4.69) is 11.8 Å². The van der Waals surface area contributed by atoms with Crippen molar-refractivity contribution in [1.29, 1.82) is 0 Å². The maximum Gasteiger partial charge on any atom is 0.159 e. The quantitative estimate of drug-likeness (QED) is 0.514. The Bertz CT molecular complexity index is 929. The molecule has 0 nitrogen and oxygen atoms in total. The molecule has 23 heavy (non-hydrogen) atoms. The molecule has 0 aliphatic carbocycles. The van der Waals surface area contributed by atoms with Crippen molar-refractivity contribution in [3.05, 3.63) is 81.3 Å². The SMILES string of the molecule is Cc1ccc(C#Cc2ccc(-c3ccc(F)c(F)c3)cc2F)s1. The summed E-state index contributed by atoms with van der Waals surface area (Å²) in [5.74, 6) is 3.33. The van der Waals surface area contributed by atoms with E-state index in [1.54, 1.807) is 23.5 Å². The Kier molecular flexibility index (Phi) is 4.22. The van der Waals surface area contributed by atoms with Crippen LogP contribution in [-0.4, -0.2) is 0 Å². The van der Waals surface area contributed by atoms with E-state index in [4.69, 9.17) is 0 Å². The van der Waals surface area contributed by atoms with E-state index in [1.807, 2.05) is 19.1 Å². The van der Waals surface area contributed by atoms with Gasteiger partial charge in [-0.2, -0.15) is 0 Å². The van der Waals surface area contributed by atoms with E-state index < -0.39 is 17.5 Å². The minimum absolute atomic E-state index is 0.266. The van der Waals surface area contributed by atoms with Crippen LogP contribution in [0.1, 0.15) is 15.3 Å². The van der Waals surface area contributed by atoms with Crippen molar-refractivity contribution >= 4 is 11.3 Å². The summed E-state index contributed by atoms with van der Waals surface area (Å²) in [6.07, 6.45) is 0. The minimum Gasteiger partial charge on any atom is -0.206 e. The molecule has 4 heteroatoms. The number of thiophene rings is 1. The van der Waals surface area contributed by atoms with Gasteiger partial charge in [-0.3, -0.25) is 0 Å². The van der Waals surface area contributed by atoms with Crippen LogP contribution in [0.15, 0.2) is 48.5 Å². The number of hydrogen-bond donors (Lipinski definition) is 0. The lowest BCUT2D eigenvalue weighted by Crippen LogP contribution is -1.88. The first-order chi connectivity index (χ1) is 11.0. The predicted octanol–water partition coefficient (Wildman–Crippen LogP) is 5.54. The van der Waals surface area contributed by atoms with E-state index >= 15 is 0 Å². The highest BCUT2D eigenvalue weighted by molar-refractivity contribution is 7.12. The molecule has 0 spiro atoms. The third kappa shape index (κ3) is 3.46. The minimum atomic E-state index is -0.958. The number of benzene rings is 2. The predicted molar refractivity (Wildman–Crippen MR) is 86.8 cm³/mol. The molecular formula is C19H11F3S. The van der Waals surface area contributed by atoms with Crippen LogP contribution in [0.2, 0.25) is 0 Å². The summed E-state index contributed by atoms with van der Waals surface area (Å²) in [6.45, 7) is 1.98. The summed E-state index contributed by atoms with van der Waals surface area (Å²) in [7, 11) is 0. The molecule has 0 bridgehead atoms. The number of aryl methyl sites for hydroxylation is 1. The lowest BCUT2D eigenvalue weighted by Gasteiger charge is -2.04. The van der Waals surface area contributed by atoms with E-state index in [1.165, 1.54) is 12.1 Å². The molecular weight excluding hydrogens is 317 g/mol. The fourth-order valence-electron chi connectivity index (χ4n) is 2.10. The molecule has 2 aromatic carbocycles. The summed E-state index contributed by atoms with van der Waals surface area (Å²) in [5, 5.41) is 0. The first-order valence-corrected chi connectivity index (χ1v) is 7.68. The maximum absolute atomic E-state index is 14.2. The summed E-state index contributed by atoms with van der Waals surface area (Å²) in [4.78, 5) is 2.01. The van der Waals surface area contributed by atoms with Crippen LogP contribution in [0.25, 0.3) is 11.1 Å². The summed E-state index contributed by atoms with van der Waals surface area (Å²) < 4.78 is 40.4. The Labute approximate surface area is 136 Å². The van der Waals surface area contributed by atoms with Gasteiger partial charge in [-0.1, -0.05) is 24.0 Å². The Balaban J connectivity index is 1.91. The van der Waals surface area contributed by atoms with Crippen molar-refractivity contribution in [2.45, 2.75) is 6.92 Å². The van der Waals surface area contributed by atoms with Gasteiger partial charge in [0.25, 0.3) is 0 Å². The molecule has 0 saturated carbocycles. The largest absolute Gasteiger partial charge is 0.206 e. The van der Waals surface area contributed by atoms with Crippen molar-refractivity contribution in [3.8, 4) is 23.0 Å². The third-order valence-corrected chi connectivity index (χ3v) is 4.20. The van der Waals surface area contributed by atoms with Crippen molar-refractivity contribution < 1.29 is 13.2 Å². The zero-order valence-corrected chi connectivity index (χ0v) is 13.0. The molecule has 0 unspecified atom stereocenters. The average molecular weight is 328 g/mol. The van der Waals surface area contributed by atoms with Gasteiger partial charge in [0.2, 0.25) is 0 Å². The molecule has 0 fully saturated rings. The lowest BCUT2D eigenvalue weighted by molar-refractivity contribution is 0.509. The van der Waals surface area contributed by atoms with Crippen LogP contribution in [0, 0.1) is 36.2 Å². The smallest absolute Gasteiger partial charge is 0.159 e. The Morgan fingerprint density at radius 2 is 1.43 bits per heavy atom. The van der Waals surface area contributed by atoms with Crippen LogP contribution in [0.3, 0.4) is 0 Å². The van der Waals surface area contributed by atoms with Crippen molar-refractivity contribution in [2.24, 2.45) is 0 Å². The second-order valence-corrected chi connectivity index (χ2v) is 6.27. The van der Waals surface area contributed by atoms with Crippen LogP contribution >= 0.6 is 11.3 Å². The monoisotopic (exact) mass is 328 g/mol. The van der Waals surface area contributed by atoms with Gasteiger partial charge in [0, 0.05) is 4.88 Å². The molecule has 0 saturated heterocycles. The standard InChI is InChI=1S/C19H11F3S/c1-12-2-7-16(23-12)8-5-13-3-4-14(10-18(13)21)15-6-9-17(20)19(22)11-15/h2-4,6-7,9-11H,1H3. The molecule has 1 aromatic heterocycles. The molecule has 0 aliphatic rings. The average Bonchev–Trinajstić information content (AvgIpc) is 2.94. The van der Waals surface area contributed by atoms with Crippen molar-refractivity contribution in [3.63, 3.8) is 0 Å². The zero-order valence-electron chi connectivity index (χ0n) is 12.2. The molecule has 3 aromatic rings. The summed E-state index contributed by atoms with van der Waals surface area (Å²) in [5.41, 5.74) is 1.15. The molecule has 1 heterocycles. The molecule has 0 aliphatic heterocycles. The normalized spacial score (nSPS) is 10.3. The highest BCUT2D eigenvalue weighted by Crippen LogP contribution is 2.23. The van der Waals surface area contributed by atoms with Gasteiger partial charge < -0.3 is 0 Å². The zero-order chi connectivity index (χ0) is 16.4. The highest BCUT2D eigenvalue weighted by atomic mass is 32.1. The molecule has 0 atom stereocenters. The first-order valence-electron chi connectivity index (χ1n) is 6.86. The Morgan fingerprint density at radius 1 is 0.739 bits per heavy atom. The fourth-order valence-corrected chi connectivity index (χ4v) is 2.82. The number of rotatable bonds is 1. The van der Waals surface area contributed by atoms with Gasteiger partial charge in [0.15, 0.2) is 11.6 Å². The number of hydrogen-bond acceptors (Lipinski definition) is 1. The van der Waals surface area contributed by atoms with Gasteiger partial charge in [-0.05, 0) is 54.4 Å².